The molecule has 0 aliphatic heterocycles. The zero-order valence-electron chi connectivity index (χ0n) is 13.1. The molecule has 0 unspecified atom stereocenters. The molecule has 21 heavy (non-hydrogen) atoms. The fourth-order valence-corrected chi connectivity index (χ4v) is 2.05. The molecule has 0 aliphatic rings. The Labute approximate surface area is 124 Å². The molecule has 1 aromatic heterocycles. The molecular formula is C15H24F3N3. The van der Waals surface area contributed by atoms with Gasteiger partial charge in [-0.25, -0.2) is 4.98 Å². The van der Waals surface area contributed by atoms with Crippen molar-refractivity contribution in [2.45, 2.75) is 52.9 Å². The van der Waals surface area contributed by atoms with Gasteiger partial charge in [-0.05, 0) is 44.5 Å². The molecule has 1 heterocycles. The number of hydrogen-bond acceptors (Lipinski definition) is 3. The largest absolute Gasteiger partial charge is 0.405 e. The van der Waals surface area contributed by atoms with E-state index in [-0.39, 0.29) is 6.04 Å². The van der Waals surface area contributed by atoms with Crippen molar-refractivity contribution in [2.24, 2.45) is 0 Å². The van der Waals surface area contributed by atoms with Crippen LogP contribution in [0.25, 0.3) is 0 Å². The highest BCUT2D eigenvalue weighted by molar-refractivity contribution is 5.44. The predicted molar refractivity (Wildman–Crippen MR) is 79.5 cm³/mol. The Bertz CT molecular complexity index is 444. The molecule has 0 bridgehead atoms. The highest BCUT2D eigenvalue weighted by atomic mass is 19.4. The van der Waals surface area contributed by atoms with Gasteiger partial charge in [-0.3, -0.25) is 0 Å². The van der Waals surface area contributed by atoms with E-state index in [2.05, 4.69) is 10.3 Å². The summed E-state index contributed by atoms with van der Waals surface area (Å²) in [6.07, 6.45) is -3.54. The third-order valence-corrected chi connectivity index (χ3v) is 3.13. The molecule has 0 amide bonds. The average molecular weight is 303 g/mol. The van der Waals surface area contributed by atoms with Crippen LogP contribution in [0.15, 0.2) is 12.1 Å². The van der Waals surface area contributed by atoms with E-state index in [1.165, 1.54) is 4.90 Å². The molecule has 0 atom stereocenters. The molecule has 0 radical (unpaired) electrons. The monoisotopic (exact) mass is 303 g/mol. The Morgan fingerprint density at radius 2 is 1.90 bits per heavy atom. The number of alkyl halides is 3. The first-order valence-electron chi connectivity index (χ1n) is 7.30. The van der Waals surface area contributed by atoms with E-state index in [1.807, 2.05) is 19.9 Å². The van der Waals surface area contributed by atoms with Crippen molar-refractivity contribution in [2.75, 3.05) is 18.0 Å². The molecule has 1 aromatic rings. The lowest BCUT2D eigenvalue weighted by molar-refractivity contribution is -0.120. The summed E-state index contributed by atoms with van der Waals surface area (Å²) in [6, 6.07) is 3.42. The standard InChI is InChI=1S/C15H24F3N3/c1-5-13-7-12(9-19-6-2)8-14(20-13)21(11(3)4)10-15(16,17)18/h7-8,11,19H,5-6,9-10H2,1-4H3. The lowest BCUT2D eigenvalue weighted by atomic mass is 10.1. The summed E-state index contributed by atoms with van der Waals surface area (Å²) in [5, 5.41) is 3.19. The van der Waals surface area contributed by atoms with Crippen LogP contribution in [0.2, 0.25) is 0 Å². The molecule has 0 fully saturated rings. The van der Waals surface area contributed by atoms with Crippen LogP contribution in [0.4, 0.5) is 19.0 Å². The first-order chi connectivity index (χ1) is 9.76. The second-order valence-electron chi connectivity index (χ2n) is 5.30. The maximum Gasteiger partial charge on any atom is 0.405 e. The summed E-state index contributed by atoms with van der Waals surface area (Å²) < 4.78 is 38.3. The van der Waals surface area contributed by atoms with Gasteiger partial charge in [0.05, 0.1) is 0 Å². The topological polar surface area (TPSA) is 28.2 Å². The van der Waals surface area contributed by atoms with E-state index in [1.54, 1.807) is 19.9 Å². The number of rotatable bonds is 7. The SMILES string of the molecule is CCNCc1cc(CC)nc(N(CC(F)(F)F)C(C)C)c1. The number of pyridine rings is 1. The van der Waals surface area contributed by atoms with Crippen LogP contribution in [0.3, 0.4) is 0 Å². The smallest absolute Gasteiger partial charge is 0.345 e. The Kier molecular flexibility index (Phi) is 6.45. The number of nitrogens with one attached hydrogen (secondary N) is 1. The third kappa shape index (κ3) is 5.91. The first kappa shape index (κ1) is 17.8. The van der Waals surface area contributed by atoms with Gasteiger partial charge in [0.2, 0.25) is 0 Å². The van der Waals surface area contributed by atoms with Crippen LogP contribution in [0, 0.1) is 0 Å². The Hall–Kier alpha value is -1.30. The second-order valence-corrected chi connectivity index (χ2v) is 5.30. The Morgan fingerprint density at radius 1 is 1.24 bits per heavy atom. The van der Waals surface area contributed by atoms with Crippen molar-refractivity contribution in [1.82, 2.24) is 10.3 Å². The van der Waals surface area contributed by atoms with Gasteiger partial charge in [-0.1, -0.05) is 13.8 Å². The Balaban J connectivity index is 3.11. The van der Waals surface area contributed by atoms with E-state index >= 15 is 0 Å². The zero-order chi connectivity index (χ0) is 16.0. The van der Waals surface area contributed by atoms with E-state index in [0.29, 0.717) is 18.8 Å². The average Bonchev–Trinajstić information content (AvgIpc) is 2.40. The summed E-state index contributed by atoms with van der Waals surface area (Å²) in [5.41, 5.74) is 1.78. The summed E-state index contributed by atoms with van der Waals surface area (Å²) >= 11 is 0. The highest BCUT2D eigenvalue weighted by Gasteiger charge is 2.32. The van der Waals surface area contributed by atoms with Crippen molar-refractivity contribution in [3.63, 3.8) is 0 Å². The van der Waals surface area contributed by atoms with Gasteiger partial charge in [0, 0.05) is 18.3 Å². The van der Waals surface area contributed by atoms with E-state index in [4.69, 9.17) is 0 Å². The molecule has 0 aromatic carbocycles. The van der Waals surface area contributed by atoms with E-state index in [0.717, 1.165) is 17.8 Å². The van der Waals surface area contributed by atoms with E-state index < -0.39 is 12.7 Å². The van der Waals surface area contributed by atoms with Crippen LogP contribution >= 0.6 is 0 Å². The van der Waals surface area contributed by atoms with Gasteiger partial charge >= 0.3 is 6.18 Å². The quantitative estimate of drug-likeness (QED) is 0.835. The lowest BCUT2D eigenvalue weighted by Gasteiger charge is -2.29. The molecular weight excluding hydrogens is 279 g/mol. The van der Waals surface area contributed by atoms with Gasteiger partial charge in [0.15, 0.2) is 0 Å². The summed E-state index contributed by atoms with van der Waals surface area (Å²) in [5.74, 6) is 0.398. The van der Waals surface area contributed by atoms with Gasteiger partial charge in [0.25, 0.3) is 0 Å². The zero-order valence-corrected chi connectivity index (χ0v) is 13.1. The van der Waals surface area contributed by atoms with Gasteiger partial charge in [0.1, 0.15) is 12.4 Å². The second kappa shape index (κ2) is 7.64. The first-order valence-corrected chi connectivity index (χ1v) is 7.30. The number of nitrogens with zero attached hydrogens (tertiary/aromatic N) is 2. The van der Waals surface area contributed by atoms with Crippen LogP contribution in [0.5, 0.6) is 0 Å². The number of aromatic nitrogens is 1. The minimum absolute atomic E-state index is 0.266. The molecule has 0 spiro atoms. The van der Waals surface area contributed by atoms with Gasteiger partial charge < -0.3 is 10.2 Å². The number of anilines is 1. The summed E-state index contributed by atoms with van der Waals surface area (Å²) in [4.78, 5) is 5.66. The van der Waals surface area contributed by atoms with Crippen molar-refractivity contribution in [1.29, 1.82) is 0 Å². The highest BCUT2D eigenvalue weighted by Crippen LogP contribution is 2.24. The van der Waals surface area contributed by atoms with Crippen molar-refractivity contribution < 1.29 is 13.2 Å². The molecule has 6 heteroatoms. The maximum absolute atomic E-state index is 12.8. The number of halogens is 3. The maximum atomic E-state index is 12.8. The van der Waals surface area contributed by atoms with Gasteiger partial charge in [-0.15, -0.1) is 0 Å². The molecule has 1 N–H and O–H groups in total. The van der Waals surface area contributed by atoms with E-state index in [9.17, 15) is 13.2 Å². The van der Waals surface area contributed by atoms with Crippen LogP contribution < -0.4 is 10.2 Å². The van der Waals surface area contributed by atoms with Crippen LogP contribution in [-0.4, -0.2) is 30.3 Å². The summed E-state index contributed by atoms with van der Waals surface area (Å²) in [7, 11) is 0. The van der Waals surface area contributed by atoms with Crippen molar-refractivity contribution in [3.8, 4) is 0 Å². The number of hydrogen-bond donors (Lipinski definition) is 1. The minimum atomic E-state index is -4.24. The third-order valence-electron chi connectivity index (χ3n) is 3.13. The van der Waals surface area contributed by atoms with Crippen LogP contribution in [-0.2, 0) is 13.0 Å². The fraction of sp³-hybridized carbons (Fsp3) is 0.667. The minimum Gasteiger partial charge on any atom is -0.345 e. The molecule has 0 saturated heterocycles. The Morgan fingerprint density at radius 3 is 2.38 bits per heavy atom. The predicted octanol–water partition coefficient (Wildman–Crippen LogP) is 3.53. The molecule has 0 aliphatic carbocycles. The molecule has 0 saturated carbocycles. The normalized spacial score (nSPS) is 12.0. The number of aryl methyl sites for hydroxylation is 1. The molecule has 3 nitrogen and oxygen atoms in total. The van der Waals surface area contributed by atoms with Crippen LogP contribution in [0.1, 0.15) is 39.0 Å². The van der Waals surface area contributed by atoms with Gasteiger partial charge in [-0.2, -0.15) is 13.2 Å². The van der Waals surface area contributed by atoms with Crippen molar-refractivity contribution >= 4 is 5.82 Å². The van der Waals surface area contributed by atoms with Crippen molar-refractivity contribution in [3.05, 3.63) is 23.4 Å². The fourth-order valence-electron chi connectivity index (χ4n) is 2.05. The summed E-state index contributed by atoms with van der Waals surface area (Å²) in [6.45, 7) is 7.91. The lowest BCUT2D eigenvalue weighted by Crippen LogP contribution is -2.39. The molecule has 120 valence electrons. The molecule has 1 rings (SSSR count).